The first-order valence-electron chi connectivity index (χ1n) is 7.18. The largest absolute Gasteiger partial charge is 0.461 e. The Morgan fingerprint density at radius 1 is 1.50 bits per heavy atom. The second-order valence-corrected chi connectivity index (χ2v) is 6.04. The molecule has 0 aliphatic heterocycles. The van der Waals surface area contributed by atoms with Gasteiger partial charge in [-0.3, -0.25) is 9.69 Å². The molecular formula is C15H17N3O3S. The molecule has 7 heteroatoms. The van der Waals surface area contributed by atoms with Crippen LogP contribution >= 0.6 is 11.3 Å². The number of aromatic nitrogens is 2. The van der Waals surface area contributed by atoms with E-state index >= 15 is 0 Å². The molecule has 1 aliphatic rings. The number of aryl methyl sites for hydroxylation is 1. The maximum Gasteiger partial charge on any atom is 0.357 e. The highest BCUT2D eigenvalue weighted by atomic mass is 32.1. The second kappa shape index (κ2) is 5.92. The molecule has 0 radical (unpaired) electrons. The van der Waals surface area contributed by atoms with E-state index in [0.29, 0.717) is 17.3 Å². The van der Waals surface area contributed by atoms with Crippen LogP contribution in [-0.4, -0.2) is 34.1 Å². The minimum Gasteiger partial charge on any atom is -0.461 e. The van der Waals surface area contributed by atoms with Crippen molar-refractivity contribution in [2.24, 2.45) is 7.05 Å². The maximum atomic E-state index is 12.7. The van der Waals surface area contributed by atoms with Gasteiger partial charge in [-0.25, -0.2) is 9.78 Å². The van der Waals surface area contributed by atoms with Crippen LogP contribution in [-0.2, 0) is 11.8 Å². The number of anilines is 1. The van der Waals surface area contributed by atoms with E-state index < -0.39 is 5.97 Å². The molecule has 3 rings (SSSR count). The summed E-state index contributed by atoms with van der Waals surface area (Å²) >= 11 is 1.30. The molecule has 1 aliphatic carbocycles. The standard InChI is InChI=1S/C15H17N3O3S/c1-3-21-14(20)12-9-22-15(16-12)18(11-4-5-11)13(19)10-6-7-17(2)8-10/h6-9,11H,3-5H2,1-2H3. The van der Waals surface area contributed by atoms with Crippen molar-refractivity contribution in [2.75, 3.05) is 11.5 Å². The number of ether oxygens (including phenoxy) is 1. The van der Waals surface area contributed by atoms with Gasteiger partial charge in [-0.05, 0) is 25.8 Å². The smallest absolute Gasteiger partial charge is 0.357 e. The number of hydrogen-bond donors (Lipinski definition) is 0. The molecule has 0 unspecified atom stereocenters. The molecule has 0 spiro atoms. The fraction of sp³-hybridized carbons (Fsp3) is 0.400. The Kier molecular flexibility index (Phi) is 3.98. The lowest BCUT2D eigenvalue weighted by Gasteiger charge is -2.18. The van der Waals surface area contributed by atoms with Gasteiger partial charge in [-0.2, -0.15) is 0 Å². The fourth-order valence-electron chi connectivity index (χ4n) is 2.18. The first-order valence-corrected chi connectivity index (χ1v) is 8.06. The van der Waals surface area contributed by atoms with E-state index in [9.17, 15) is 9.59 Å². The van der Waals surface area contributed by atoms with Crippen LogP contribution in [0.15, 0.2) is 23.8 Å². The summed E-state index contributed by atoms with van der Waals surface area (Å²) in [5.41, 5.74) is 0.885. The summed E-state index contributed by atoms with van der Waals surface area (Å²) in [7, 11) is 1.88. The van der Waals surface area contributed by atoms with Crippen molar-refractivity contribution < 1.29 is 14.3 Å². The number of rotatable bonds is 5. The molecule has 1 amide bonds. The van der Waals surface area contributed by atoms with Crippen LogP contribution in [0.25, 0.3) is 0 Å². The van der Waals surface area contributed by atoms with Crippen molar-refractivity contribution in [3.63, 3.8) is 0 Å². The fourth-order valence-corrected chi connectivity index (χ4v) is 3.05. The topological polar surface area (TPSA) is 64.4 Å². The molecule has 116 valence electrons. The predicted octanol–water partition coefficient (Wildman–Crippen LogP) is 2.47. The van der Waals surface area contributed by atoms with E-state index in [1.54, 1.807) is 29.5 Å². The monoisotopic (exact) mass is 319 g/mol. The van der Waals surface area contributed by atoms with Crippen molar-refractivity contribution in [3.05, 3.63) is 35.1 Å². The number of hydrogen-bond acceptors (Lipinski definition) is 5. The summed E-state index contributed by atoms with van der Waals surface area (Å²) in [6, 6.07) is 1.96. The lowest BCUT2D eigenvalue weighted by molar-refractivity contribution is 0.0520. The summed E-state index contributed by atoms with van der Waals surface area (Å²) in [6.45, 7) is 2.06. The van der Waals surface area contributed by atoms with Crippen LogP contribution in [0.4, 0.5) is 5.13 Å². The van der Waals surface area contributed by atoms with Gasteiger partial charge in [0.15, 0.2) is 10.8 Å². The third kappa shape index (κ3) is 2.89. The molecule has 1 fully saturated rings. The summed E-state index contributed by atoms with van der Waals surface area (Å²) in [5, 5.41) is 2.19. The molecule has 0 saturated heterocycles. The van der Waals surface area contributed by atoms with E-state index in [2.05, 4.69) is 4.98 Å². The minimum atomic E-state index is -0.451. The lowest BCUT2D eigenvalue weighted by Crippen LogP contribution is -2.32. The van der Waals surface area contributed by atoms with Crippen molar-refractivity contribution in [1.29, 1.82) is 0 Å². The number of carbonyl (C=O) groups is 2. The number of thiazole rings is 1. The minimum absolute atomic E-state index is 0.0761. The molecule has 22 heavy (non-hydrogen) atoms. The maximum absolute atomic E-state index is 12.7. The first kappa shape index (κ1) is 14.8. The first-order chi connectivity index (χ1) is 10.6. The Bertz CT molecular complexity index is 702. The number of amides is 1. The van der Waals surface area contributed by atoms with Crippen LogP contribution in [0.2, 0.25) is 0 Å². The normalized spacial score (nSPS) is 13.9. The van der Waals surface area contributed by atoms with Gasteiger partial charge in [0, 0.05) is 30.9 Å². The van der Waals surface area contributed by atoms with Crippen LogP contribution in [0, 0.1) is 0 Å². The number of nitrogens with zero attached hydrogens (tertiary/aromatic N) is 3. The van der Waals surface area contributed by atoms with Gasteiger partial charge in [0.05, 0.1) is 12.2 Å². The third-order valence-electron chi connectivity index (χ3n) is 3.39. The lowest BCUT2D eigenvalue weighted by atomic mass is 10.3. The van der Waals surface area contributed by atoms with Gasteiger partial charge in [-0.15, -0.1) is 11.3 Å². The Balaban J connectivity index is 1.85. The Morgan fingerprint density at radius 3 is 2.86 bits per heavy atom. The molecule has 1 saturated carbocycles. The molecule has 2 aromatic heterocycles. The molecule has 0 N–H and O–H groups in total. The van der Waals surface area contributed by atoms with Gasteiger partial charge in [0.1, 0.15) is 0 Å². The van der Waals surface area contributed by atoms with Crippen LogP contribution in [0.5, 0.6) is 0 Å². The third-order valence-corrected chi connectivity index (χ3v) is 4.23. The molecule has 0 bridgehead atoms. The van der Waals surface area contributed by atoms with Gasteiger partial charge >= 0.3 is 5.97 Å². The summed E-state index contributed by atoms with van der Waals surface area (Å²) in [6.07, 6.45) is 5.56. The predicted molar refractivity (Wildman–Crippen MR) is 83.3 cm³/mol. The number of esters is 1. The average Bonchev–Trinajstić information content (AvgIpc) is 3.02. The van der Waals surface area contributed by atoms with Crippen molar-refractivity contribution in [2.45, 2.75) is 25.8 Å². The van der Waals surface area contributed by atoms with Gasteiger partial charge in [0.2, 0.25) is 0 Å². The zero-order valence-electron chi connectivity index (χ0n) is 12.5. The SMILES string of the molecule is CCOC(=O)c1csc(N(C(=O)c2ccn(C)c2)C2CC2)n1. The van der Waals surface area contributed by atoms with Crippen molar-refractivity contribution >= 4 is 28.3 Å². The van der Waals surface area contributed by atoms with E-state index in [0.717, 1.165) is 12.8 Å². The van der Waals surface area contributed by atoms with E-state index in [-0.39, 0.29) is 17.6 Å². The van der Waals surface area contributed by atoms with Gasteiger partial charge in [0.25, 0.3) is 5.91 Å². The highest BCUT2D eigenvalue weighted by Gasteiger charge is 2.36. The molecule has 2 heterocycles. The molecule has 2 aromatic rings. The highest BCUT2D eigenvalue weighted by Crippen LogP contribution is 2.35. The van der Waals surface area contributed by atoms with Crippen molar-refractivity contribution in [1.82, 2.24) is 9.55 Å². The Labute approximate surface area is 132 Å². The Hall–Kier alpha value is -2.15. The van der Waals surface area contributed by atoms with Crippen LogP contribution in [0.1, 0.15) is 40.6 Å². The van der Waals surface area contributed by atoms with Crippen LogP contribution < -0.4 is 4.90 Å². The van der Waals surface area contributed by atoms with Crippen molar-refractivity contribution in [3.8, 4) is 0 Å². The zero-order chi connectivity index (χ0) is 15.7. The second-order valence-electron chi connectivity index (χ2n) is 5.21. The zero-order valence-corrected chi connectivity index (χ0v) is 13.3. The molecule has 0 aromatic carbocycles. The van der Waals surface area contributed by atoms with Gasteiger partial charge in [-0.1, -0.05) is 0 Å². The summed E-state index contributed by atoms with van der Waals surface area (Å²) in [4.78, 5) is 30.4. The molecular weight excluding hydrogens is 302 g/mol. The highest BCUT2D eigenvalue weighted by molar-refractivity contribution is 7.14. The quantitative estimate of drug-likeness (QED) is 0.794. The Morgan fingerprint density at radius 2 is 2.27 bits per heavy atom. The van der Waals surface area contributed by atoms with E-state index in [4.69, 9.17) is 4.74 Å². The molecule has 6 nitrogen and oxygen atoms in total. The van der Waals surface area contributed by atoms with E-state index in [1.165, 1.54) is 11.3 Å². The van der Waals surface area contributed by atoms with E-state index in [1.807, 2.05) is 17.8 Å². The average molecular weight is 319 g/mol. The summed E-state index contributed by atoms with van der Waals surface area (Å²) < 4.78 is 6.78. The van der Waals surface area contributed by atoms with Crippen LogP contribution in [0.3, 0.4) is 0 Å². The summed E-state index contributed by atoms with van der Waals surface area (Å²) in [5.74, 6) is -0.527. The number of carbonyl (C=O) groups excluding carboxylic acids is 2. The van der Waals surface area contributed by atoms with Gasteiger partial charge < -0.3 is 9.30 Å². The molecule has 0 atom stereocenters.